The molecule has 2 bridgehead atoms. The van der Waals surface area contributed by atoms with Crippen molar-refractivity contribution in [1.82, 2.24) is 0 Å². The van der Waals surface area contributed by atoms with Crippen LogP contribution < -0.4 is 4.90 Å². The quantitative estimate of drug-likeness (QED) is 0.577. The molecule has 3 aliphatic rings. The molecule has 0 N–H and O–H groups in total. The van der Waals surface area contributed by atoms with Gasteiger partial charge in [-0.1, -0.05) is 29.8 Å². The molecular formula is C16H15NO3. The first kappa shape index (κ1) is 11.9. The summed E-state index contributed by atoms with van der Waals surface area (Å²) in [5.74, 6) is -1.02. The number of amides is 2. The number of imide groups is 1. The summed E-state index contributed by atoms with van der Waals surface area (Å²) in [6.07, 6.45) is 3.57. The van der Waals surface area contributed by atoms with Crippen LogP contribution >= 0.6 is 0 Å². The Hall–Kier alpha value is -1.94. The zero-order valence-electron chi connectivity index (χ0n) is 11.4. The lowest BCUT2D eigenvalue weighted by Gasteiger charge is -2.24. The second-order valence-electron chi connectivity index (χ2n) is 5.98. The Labute approximate surface area is 117 Å². The second-order valence-corrected chi connectivity index (χ2v) is 5.98. The highest BCUT2D eigenvalue weighted by Crippen LogP contribution is 2.52. The maximum Gasteiger partial charge on any atom is 0.241 e. The van der Waals surface area contributed by atoms with Gasteiger partial charge < -0.3 is 4.74 Å². The van der Waals surface area contributed by atoms with Crippen molar-refractivity contribution in [2.75, 3.05) is 4.90 Å². The van der Waals surface area contributed by atoms with E-state index in [4.69, 9.17) is 4.74 Å². The molecule has 1 aromatic rings. The predicted octanol–water partition coefficient (Wildman–Crippen LogP) is 1.83. The van der Waals surface area contributed by atoms with Gasteiger partial charge >= 0.3 is 0 Å². The van der Waals surface area contributed by atoms with Gasteiger partial charge in [0.05, 0.1) is 29.2 Å². The van der Waals surface area contributed by atoms with E-state index < -0.39 is 5.60 Å². The highest BCUT2D eigenvalue weighted by Gasteiger charge is 2.65. The van der Waals surface area contributed by atoms with Crippen LogP contribution in [0.3, 0.4) is 0 Å². The van der Waals surface area contributed by atoms with E-state index in [-0.39, 0.29) is 29.8 Å². The molecule has 4 atom stereocenters. The van der Waals surface area contributed by atoms with E-state index in [2.05, 4.69) is 0 Å². The van der Waals surface area contributed by atoms with Gasteiger partial charge in [0.25, 0.3) is 0 Å². The summed E-state index contributed by atoms with van der Waals surface area (Å²) in [5.41, 5.74) is 1.13. The first-order valence-electron chi connectivity index (χ1n) is 6.83. The van der Waals surface area contributed by atoms with Crippen molar-refractivity contribution in [3.8, 4) is 0 Å². The van der Waals surface area contributed by atoms with Gasteiger partial charge in [0.2, 0.25) is 11.8 Å². The second kappa shape index (κ2) is 3.58. The van der Waals surface area contributed by atoms with Gasteiger partial charge in [-0.3, -0.25) is 9.59 Å². The standard InChI is InChI=1S/C16H15NO3/c1-9-3-5-10(6-4-9)17-14(18)12-11-7-8-16(2,20-11)13(12)15(17)19/h3-8,11-13H,1-2H3/t11-,12-,13+,16-/m1/s1. The van der Waals surface area contributed by atoms with E-state index in [9.17, 15) is 9.59 Å². The molecule has 4 heteroatoms. The third-order valence-corrected chi connectivity index (χ3v) is 4.62. The molecule has 2 amide bonds. The van der Waals surface area contributed by atoms with E-state index in [1.165, 1.54) is 4.90 Å². The summed E-state index contributed by atoms with van der Waals surface area (Å²) in [4.78, 5) is 26.6. The monoisotopic (exact) mass is 269 g/mol. The first-order chi connectivity index (χ1) is 9.51. The molecule has 20 heavy (non-hydrogen) atoms. The molecule has 2 saturated heterocycles. The van der Waals surface area contributed by atoms with Crippen LogP contribution in [0.4, 0.5) is 5.69 Å². The number of ether oxygens (including phenoxy) is 1. The number of benzene rings is 1. The summed E-state index contributed by atoms with van der Waals surface area (Å²) in [7, 11) is 0. The van der Waals surface area contributed by atoms with Crippen LogP contribution in [0.1, 0.15) is 12.5 Å². The van der Waals surface area contributed by atoms with Gasteiger partial charge in [-0.15, -0.1) is 0 Å². The van der Waals surface area contributed by atoms with Crippen LogP contribution in [0.15, 0.2) is 36.4 Å². The Kier molecular flexibility index (Phi) is 2.12. The fourth-order valence-corrected chi connectivity index (χ4v) is 3.60. The summed E-state index contributed by atoms with van der Waals surface area (Å²) in [5, 5.41) is 0. The Balaban J connectivity index is 1.77. The normalized spacial score (nSPS) is 37.9. The van der Waals surface area contributed by atoms with Crippen LogP contribution in [0.2, 0.25) is 0 Å². The van der Waals surface area contributed by atoms with Crippen molar-refractivity contribution in [2.24, 2.45) is 11.8 Å². The summed E-state index contributed by atoms with van der Waals surface area (Å²) in [6, 6.07) is 7.47. The molecular weight excluding hydrogens is 254 g/mol. The van der Waals surface area contributed by atoms with Gasteiger partial charge in [-0.2, -0.15) is 0 Å². The highest BCUT2D eigenvalue weighted by molar-refractivity contribution is 6.23. The summed E-state index contributed by atoms with van der Waals surface area (Å²) >= 11 is 0. The molecule has 0 radical (unpaired) electrons. The molecule has 0 aromatic heterocycles. The molecule has 102 valence electrons. The van der Waals surface area contributed by atoms with E-state index in [0.29, 0.717) is 5.69 Å². The number of rotatable bonds is 1. The number of anilines is 1. The van der Waals surface area contributed by atoms with E-state index in [1.807, 2.05) is 50.3 Å². The lowest BCUT2D eigenvalue weighted by Crippen LogP contribution is -2.38. The number of carbonyl (C=O) groups is 2. The first-order valence-corrected chi connectivity index (χ1v) is 6.83. The van der Waals surface area contributed by atoms with Crippen molar-refractivity contribution in [3.05, 3.63) is 42.0 Å². The Morgan fingerprint density at radius 2 is 1.85 bits per heavy atom. The molecule has 1 aromatic carbocycles. The molecule has 4 rings (SSSR count). The predicted molar refractivity (Wildman–Crippen MR) is 73.1 cm³/mol. The highest BCUT2D eigenvalue weighted by atomic mass is 16.5. The van der Waals surface area contributed by atoms with Crippen LogP contribution in [-0.4, -0.2) is 23.5 Å². The van der Waals surface area contributed by atoms with Crippen molar-refractivity contribution in [1.29, 1.82) is 0 Å². The molecule has 0 unspecified atom stereocenters. The van der Waals surface area contributed by atoms with Crippen molar-refractivity contribution < 1.29 is 14.3 Å². The fourth-order valence-electron chi connectivity index (χ4n) is 3.60. The number of hydrogen-bond acceptors (Lipinski definition) is 3. The summed E-state index contributed by atoms with van der Waals surface area (Å²) < 4.78 is 5.79. The van der Waals surface area contributed by atoms with E-state index >= 15 is 0 Å². The molecule has 3 aliphatic heterocycles. The topological polar surface area (TPSA) is 46.6 Å². The molecule has 0 saturated carbocycles. The lowest BCUT2D eigenvalue weighted by molar-refractivity contribution is -0.126. The largest absolute Gasteiger partial charge is 0.362 e. The smallest absolute Gasteiger partial charge is 0.241 e. The number of aryl methyl sites for hydroxylation is 1. The van der Waals surface area contributed by atoms with E-state index in [1.54, 1.807) is 0 Å². The molecule has 0 aliphatic carbocycles. The van der Waals surface area contributed by atoms with E-state index in [0.717, 1.165) is 5.56 Å². The third kappa shape index (κ3) is 1.29. The third-order valence-electron chi connectivity index (χ3n) is 4.62. The molecule has 4 nitrogen and oxygen atoms in total. The minimum absolute atomic E-state index is 0.137. The number of carbonyl (C=O) groups excluding carboxylic acids is 2. The van der Waals surface area contributed by atoms with Crippen LogP contribution in [0.5, 0.6) is 0 Å². The maximum absolute atomic E-state index is 12.7. The van der Waals surface area contributed by atoms with Gasteiger partial charge in [0.15, 0.2) is 0 Å². The average Bonchev–Trinajstić information content (AvgIpc) is 3.01. The fraction of sp³-hybridized carbons (Fsp3) is 0.375. The van der Waals surface area contributed by atoms with Gasteiger partial charge in [0.1, 0.15) is 0 Å². The van der Waals surface area contributed by atoms with Crippen molar-refractivity contribution in [2.45, 2.75) is 25.6 Å². The van der Waals surface area contributed by atoms with Crippen LogP contribution in [0, 0.1) is 18.8 Å². The van der Waals surface area contributed by atoms with Gasteiger partial charge in [-0.25, -0.2) is 4.90 Å². The minimum atomic E-state index is -0.623. The van der Waals surface area contributed by atoms with Crippen LogP contribution in [0.25, 0.3) is 0 Å². The van der Waals surface area contributed by atoms with Crippen molar-refractivity contribution in [3.63, 3.8) is 0 Å². The minimum Gasteiger partial charge on any atom is -0.362 e. The molecule has 0 spiro atoms. The Morgan fingerprint density at radius 3 is 2.50 bits per heavy atom. The zero-order chi connectivity index (χ0) is 14.1. The Morgan fingerprint density at radius 1 is 1.15 bits per heavy atom. The number of nitrogens with zero attached hydrogens (tertiary/aromatic N) is 1. The average molecular weight is 269 g/mol. The maximum atomic E-state index is 12.7. The molecule has 3 heterocycles. The van der Waals surface area contributed by atoms with Gasteiger partial charge in [0, 0.05) is 0 Å². The zero-order valence-corrected chi connectivity index (χ0v) is 11.4. The molecule has 2 fully saturated rings. The van der Waals surface area contributed by atoms with Crippen LogP contribution in [-0.2, 0) is 14.3 Å². The number of hydrogen-bond donors (Lipinski definition) is 0. The lowest BCUT2D eigenvalue weighted by atomic mass is 9.78. The van der Waals surface area contributed by atoms with Gasteiger partial charge in [-0.05, 0) is 26.0 Å². The SMILES string of the molecule is Cc1ccc(N2C(=O)[C@H]3[C@@H](C2=O)[C@@]2(C)C=C[C@H]3O2)cc1. The Bertz CT molecular complexity index is 648. The van der Waals surface area contributed by atoms with Crippen molar-refractivity contribution >= 4 is 17.5 Å². The number of fused-ring (bicyclic) bond motifs is 5. The summed E-state index contributed by atoms with van der Waals surface area (Å²) in [6.45, 7) is 3.86.